The SMILES string of the molecule is CC1CN(Cc2ccc(Nc3ncc4ccn(-c5cc(F)c(C(=O)N6CCOCC6)c(F)c5)c4n3)cc2)CC(C)N1. The van der Waals surface area contributed by atoms with E-state index in [1.807, 2.05) is 12.1 Å². The van der Waals surface area contributed by atoms with Crippen LogP contribution < -0.4 is 10.6 Å². The molecule has 2 fully saturated rings. The molecule has 0 bridgehead atoms. The Bertz CT molecular complexity index is 1520. The van der Waals surface area contributed by atoms with Crippen molar-refractivity contribution in [1.82, 2.24) is 29.7 Å². The topological polar surface area (TPSA) is 87.6 Å². The first-order valence-electron chi connectivity index (χ1n) is 13.9. The van der Waals surface area contributed by atoms with Crippen molar-refractivity contribution in [3.63, 3.8) is 0 Å². The van der Waals surface area contributed by atoms with E-state index >= 15 is 8.78 Å². The molecule has 0 spiro atoms. The third kappa shape index (κ3) is 5.92. The molecule has 0 saturated carbocycles. The van der Waals surface area contributed by atoms with Crippen LogP contribution in [0.25, 0.3) is 16.7 Å². The molecule has 9 nitrogen and oxygen atoms in total. The molecule has 2 unspecified atom stereocenters. The first kappa shape index (κ1) is 27.3. The highest BCUT2D eigenvalue weighted by Crippen LogP contribution is 2.25. The number of hydrogen-bond donors (Lipinski definition) is 2. The van der Waals surface area contributed by atoms with Gasteiger partial charge in [-0.3, -0.25) is 9.69 Å². The van der Waals surface area contributed by atoms with Crippen molar-refractivity contribution in [2.24, 2.45) is 0 Å². The molecule has 0 radical (unpaired) electrons. The van der Waals surface area contributed by atoms with Gasteiger partial charge in [0.25, 0.3) is 5.91 Å². The predicted octanol–water partition coefficient (Wildman–Crippen LogP) is 4.10. The lowest BCUT2D eigenvalue weighted by Crippen LogP contribution is -2.53. The Labute approximate surface area is 237 Å². The number of hydrogen-bond acceptors (Lipinski definition) is 7. The van der Waals surface area contributed by atoms with E-state index in [0.717, 1.165) is 37.5 Å². The van der Waals surface area contributed by atoms with Gasteiger partial charge in [0.15, 0.2) is 0 Å². The minimum Gasteiger partial charge on any atom is -0.378 e. The second kappa shape index (κ2) is 11.5. The van der Waals surface area contributed by atoms with Gasteiger partial charge in [-0.05, 0) is 49.7 Å². The van der Waals surface area contributed by atoms with Crippen molar-refractivity contribution in [1.29, 1.82) is 0 Å². The monoisotopic (exact) mass is 561 g/mol. The Morgan fingerprint density at radius 2 is 1.73 bits per heavy atom. The summed E-state index contributed by atoms with van der Waals surface area (Å²) < 4.78 is 37.0. The molecule has 41 heavy (non-hydrogen) atoms. The average Bonchev–Trinajstić information content (AvgIpc) is 3.37. The van der Waals surface area contributed by atoms with Crippen LogP contribution in [0, 0.1) is 11.6 Å². The maximum absolute atomic E-state index is 15.1. The van der Waals surface area contributed by atoms with E-state index in [1.54, 1.807) is 23.0 Å². The number of piperazine rings is 1. The zero-order valence-corrected chi connectivity index (χ0v) is 23.1. The quantitative estimate of drug-likeness (QED) is 0.367. The summed E-state index contributed by atoms with van der Waals surface area (Å²) in [6.45, 7) is 8.61. The van der Waals surface area contributed by atoms with Gasteiger partial charge in [-0.15, -0.1) is 0 Å². The number of carbonyl (C=O) groups excluding carboxylic acids is 1. The van der Waals surface area contributed by atoms with Crippen LogP contribution in [0.3, 0.4) is 0 Å². The lowest BCUT2D eigenvalue weighted by Gasteiger charge is -2.36. The molecule has 2 aliphatic heterocycles. The summed E-state index contributed by atoms with van der Waals surface area (Å²) in [6, 6.07) is 13.2. The highest BCUT2D eigenvalue weighted by Gasteiger charge is 2.26. The molecule has 4 heterocycles. The van der Waals surface area contributed by atoms with Crippen LogP contribution in [0.15, 0.2) is 54.9 Å². The molecule has 2 saturated heterocycles. The van der Waals surface area contributed by atoms with E-state index in [1.165, 1.54) is 10.5 Å². The first-order valence-corrected chi connectivity index (χ1v) is 13.9. The van der Waals surface area contributed by atoms with Gasteiger partial charge >= 0.3 is 0 Å². The fourth-order valence-electron chi connectivity index (χ4n) is 5.66. The highest BCUT2D eigenvalue weighted by molar-refractivity contribution is 5.95. The summed E-state index contributed by atoms with van der Waals surface area (Å²) in [5.41, 5.74) is 2.19. The summed E-state index contributed by atoms with van der Waals surface area (Å²) in [5.74, 6) is -2.16. The zero-order chi connectivity index (χ0) is 28.5. The van der Waals surface area contributed by atoms with Crippen molar-refractivity contribution >= 4 is 28.6 Å². The number of amides is 1. The molecule has 2 aliphatic rings. The third-order valence-corrected chi connectivity index (χ3v) is 7.49. The predicted molar refractivity (Wildman–Crippen MR) is 153 cm³/mol. The van der Waals surface area contributed by atoms with E-state index in [0.29, 0.717) is 55.4 Å². The molecule has 4 aromatic rings. The van der Waals surface area contributed by atoms with E-state index < -0.39 is 23.1 Å². The van der Waals surface area contributed by atoms with Crippen LogP contribution in [-0.2, 0) is 11.3 Å². The standard InChI is InChI=1S/C30H33F2N7O2/c1-19-16-37(17-20(2)34-19)18-21-3-5-23(6-4-21)35-30-33-15-22-7-8-39(28(22)36-30)24-13-25(31)27(26(32)14-24)29(40)38-9-11-41-12-10-38/h3-8,13-15,19-20,34H,9-12,16-18H2,1-2H3,(H,33,35,36). The van der Waals surface area contributed by atoms with Gasteiger partial charge in [0.05, 0.1) is 18.9 Å². The molecule has 2 N–H and O–H groups in total. The molecular weight excluding hydrogens is 528 g/mol. The van der Waals surface area contributed by atoms with Crippen LogP contribution >= 0.6 is 0 Å². The second-order valence-corrected chi connectivity index (χ2v) is 10.8. The number of carbonyl (C=O) groups is 1. The summed E-state index contributed by atoms with van der Waals surface area (Å²) in [7, 11) is 0. The number of halogens is 2. The van der Waals surface area contributed by atoms with E-state index in [-0.39, 0.29) is 5.69 Å². The summed E-state index contributed by atoms with van der Waals surface area (Å²) in [4.78, 5) is 25.7. The average molecular weight is 562 g/mol. The Morgan fingerprint density at radius 1 is 1.05 bits per heavy atom. The number of ether oxygens (including phenoxy) is 1. The summed E-state index contributed by atoms with van der Waals surface area (Å²) in [5, 5.41) is 7.49. The van der Waals surface area contributed by atoms with Gasteiger partial charge in [0.1, 0.15) is 22.8 Å². The number of rotatable bonds is 6. The zero-order valence-electron chi connectivity index (χ0n) is 23.1. The van der Waals surface area contributed by atoms with Gasteiger partial charge in [-0.1, -0.05) is 12.1 Å². The Kier molecular flexibility index (Phi) is 7.65. The van der Waals surface area contributed by atoms with Crippen LogP contribution in [0.1, 0.15) is 29.8 Å². The molecule has 2 aromatic heterocycles. The molecule has 2 aromatic carbocycles. The lowest BCUT2D eigenvalue weighted by atomic mass is 10.1. The third-order valence-electron chi connectivity index (χ3n) is 7.49. The van der Waals surface area contributed by atoms with E-state index in [4.69, 9.17) is 4.74 Å². The number of anilines is 2. The van der Waals surface area contributed by atoms with Gasteiger partial charge in [-0.2, -0.15) is 4.98 Å². The maximum atomic E-state index is 15.1. The fourth-order valence-corrected chi connectivity index (χ4v) is 5.66. The Hall–Kier alpha value is -3.93. The smallest absolute Gasteiger partial charge is 0.259 e. The van der Waals surface area contributed by atoms with Crippen molar-refractivity contribution in [2.75, 3.05) is 44.7 Å². The van der Waals surface area contributed by atoms with Crippen molar-refractivity contribution in [3.05, 3.63) is 77.6 Å². The molecular formula is C30H33F2N7O2. The summed E-state index contributed by atoms with van der Waals surface area (Å²) in [6.07, 6.45) is 3.33. The minimum absolute atomic E-state index is 0.221. The lowest BCUT2D eigenvalue weighted by molar-refractivity contribution is 0.0296. The number of fused-ring (bicyclic) bond motifs is 1. The van der Waals surface area contributed by atoms with Gasteiger partial charge in [-0.25, -0.2) is 13.8 Å². The molecule has 11 heteroatoms. The molecule has 0 aliphatic carbocycles. The maximum Gasteiger partial charge on any atom is 0.259 e. The molecule has 2 atom stereocenters. The van der Waals surface area contributed by atoms with Crippen LogP contribution in [-0.4, -0.2) is 81.7 Å². The fraction of sp³-hybridized carbons (Fsp3) is 0.367. The number of nitrogens with zero attached hydrogens (tertiary/aromatic N) is 5. The summed E-state index contributed by atoms with van der Waals surface area (Å²) >= 11 is 0. The van der Waals surface area contributed by atoms with Crippen LogP contribution in [0.2, 0.25) is 0 Å². The van der Waals surface area contributed by atoms with Crippen molar-refractivity contribution in [3.8, 4) is 5.69 Å². The van der Waals surface area contributed by atoms with E-state index in [9.17, 15) is 4.79 Å². The second-order valence-electron chi connectivity index (χ2n) is 10.8. The van der Waals surface area contributed by atoms with Crippen LogP contribution in [0.4, 0.5) is 20.4 Å². The van der Waals surface area contributed by atoms with Gasteiger partial charge < -0.3 is 24.8 Å². The number of morpholine rings is 1. The molecule has 214 valence electrons. The largest absolute Gasteiger partial charge is 0.378 e. The number of aromatic nitrogens is 3. The van der Waals surface area contributed by atoms with Gasteiger partial charge in [0.2, 0.25) is 5.95 Å². The first-order chi connectivity index (χ1) is 19.8. The molecule has 6 rings (SSSR count). The van der Waals surface area contributed by atoms with Gasteiger partial charge in [0, 0.05) is 68.3 Å². The Morgan fingerprint density at radius 3 is 2.41 bits per heavy atom. The number of nitrogens with one attached hydrogen (secondary N) is 2. The van der Waals surface area contributed by atoms with Crippen LogP contribution in [0.5, 0.6) is 0 Å². The van der Waals surface area contributed by atoms with Crippen molar-refractivity contribution in [2.45, 2.75) is 32.5 Å². The highest BCUT2D eigenvalue weighted by atomic mass is 19.1. The molecule has 1 amide bonds. The Balaban J connectivity index is 1.19. The van der Waals surface area contributed by atoms with E-state index in [2.05, 4.69) is 51.5 Å². The minimum atomic E-state index is -0.921. The van der Waals surface area contributed by atoms with Crippen molar-refractivity contribution < 1.29 is 18.3 Å². The number of benzene rings is 2. The normalized spacial score (nSPS) is 20.0.